The molecule has 5 rings (SSSR count). The summed E-state index contributed by atoms with van der Waals surface area (Å²) in [5, 5.41) is 17.9. The van der Waals surface area contributed by atoms with Crippen molar-refractivity contribution in [1.82, 2.24) is 34.4 Å². The van der Waals surface area contributed by atoms with E-state index in [9.17, 15) is 9.59 Å². The van der Waals surface area contributed by atoms with E-state index in [4.69, 9.17) is 9.84 Å². The zero-order chi connectivity index (χ0) is 26.5. The van der Waals surface area contributed by atoms with Crippen LogP contribution < -0.4 is 10.2 Å². The van der Waals surface area contributed by atoms with E-state index < -0.39 is 6.09 Å². The van der Waals surface area contributed by atoms with Crippen molar-refractivity contribution in [3.05, 3.63) is 82.8 Å². The molecule has 0 spiro atoms. The fraction of sp³-hybridized carbons (Fsp3) is 0.333. The lowest BCUT2D eigenvalue weighted by Gasteiger charge is -2.29. The number of amides is 1. The highest BCUT2D eigenvalue weighted by Crippen LogP contribution is 2.21. The van der Waals surface area contributed by atoms with Crippen LogP contribution in [0.2, 0.25) is 0 Å². The first-order chi connectivity index (χ1) is 18.5. The first kappa shape index (κ1) is 25.1. The molecule has 1 amide bonds. The van der Waals surface area contributed by atoms with E-state index >= 15 is 0 Å². The summed E-state index contributed by atoms with van der Waals surface area (Å²) < 4.78 is 9.33. The number of nitrogens with zero attached hydrogens (tertiary/aromatic N) is 7. The van der Waals surface area contributed by atoms with E-state index in [-0.39, 0.29) is 5.43 Å². The van der Waals surface area contributed by atoms with Gasteiger partial charge in [-0.05, 0) is 37.3 Å². The quantitative estimate of drug-likeness (QED) is 0.379. The molecule has 1 N–H and O–H groups in total. The van der Waals surface area contributed by atoms with Crippen LogP contribution in [0.4, 0.5) is 4.79 Å². The van der Waals surface area contributed by atoms with Crippen LogP contribution >= 0.6 is 0 Å². The summed E-state index contributed by atoms with van der Waals surface area (Å²) in [6.07, 6.45) is 9.61. The number of rotatable bonds is 8. The lowest BCUT2D eigenvalue weighted by molar-refractivity contribution is 0.111. The molecular weight excluding hydrogens is 486 g/mol. The van der Waals surface area contributed by atoms with E-state index in [2.05, 4.69) is 20.2 Å². The summed E-state index contributed by atoms with van der Waals surface area (Å²) in [7, 11) is 0. The minimum Gasteiger partial charge on any atom is -0.490 e. The van der Waals surface area contributed by atoms with Crippen molar-refractivity contribution in [3.8, 4) is 22.8 Å². The van der Waals surface area contributed by atoms with Crippen molar-refractivity contribution < 1.29 is 14.6 Å². The highest BCUT2D eigenvalue weighted by Gasteiger charge is 2.22. The molecule has 0 aliphatic carbocycles. The predicted molar refractivity (Wildman–Crippen MR) is 139 cm³/mol. The van der Waals surface area contributed by atoms with E-state index in [1.165, 1.54) is 11.0 Å². The number of aromatic nitrogens is 6. The molecule has 3 aromatic heterocycles. The van der Waals surface area contributed by atoms with Gasteiger partial charge in [0, 0.05) is 43.9 Å². The van der Waals surface area contributed by atoms with Crippen LogP contribution in [0.3, 0.4) is 0 Å². The Labute approximate surface area is 219 Å². The number of ether oxygens (including phenoxy) is 1. The van der Waals surface area contributed by atoms with E-state index in [1.54, 1.807) is 34.2 Å². The number of carbonyl (C=O) groups is 1. The highest BCUT2D eigenvalue weighted by atomic mass is 16.5. The molecule has 0 radical (unpaired) electrons. The Bertz CT molecular complexity index is 1460. The number of likely N-dealkylation sites (tertiary alicyclic amines) is 1. The monoisotopic (exact) mass is 515 g/mol. The summed E-state index contributed by atoms with van der Waals surface area (Å²) in [4.78, 5) is 33.9. The van der Waals surface area contributed by atoms with Crippen LogP contribution in [0.5, 0.6) is 5.75 Å². The Balaban J connectivity index is 1.23. The summed E-state index contributed by atoms with van der Waals surface area (Å²) in [5.74, 6) is 1.44. The molecule has 0 atom stereocenters. The van der Waals surface area contributed by atoms with Crippen LogP contribution in [0.1, 0.15) is 31.0 Å². The van der Waals surface area contributed by atoms with Gasteiger partial charge in [-0.1, -0.05) is 18.2 Å². The lowest BCUT2D eigenvalue weighted by Crippen LogP contribution is -2.38. The molecule has 11 heteroatoms. The third kappa shape index (κ3) is 5.88. The maximum Gasteiger partial charge on any atom is 0.407 e. The topological polar surface area (TPSA) is 128 Å². The predicted octanol–water partition coefficient (Wildman–Crippen LogP) is 3.27. The van der Waals surface area contributed by atoms with Gasteiger partial charge in [0.25, 0.3) is 0 Å². The van der Waals surface area contributed by atoms with E-state index in [1.807, 2.05) is 37.4 Å². The number of aryl methyl sites for hydroxylation is 1. The number of benzene rings is 1. The van der Waals surface area contributed by atoms with E-state index in [0.717, 1.165) is 36.2 Å². The van der Waals surface area contributed by atoms with Crippen molar-refractivity contribution in [2.45, 2.75) is 32.7 Å². The maximum atomic E-state index is 12.5. The zero-order valence-electron chi connectivity index (χ0n) is 21.1. The Morgan fingerprint density at radius 2 is 1.92 bits per heavy atom. The van der Waals surface area contributed by atoms with E-state index in [0.29, 0.717) is 49.3 Å². The fourth-order valence-electron chi connectivity index (χ4n) is 4.42. The molecule has 11 nitrogen and oxygen atoms in total. The second kappa shape index (κ2) is 11.2. The molecule has 38 heavy (non-hydrogen) atoms. The van der Waals surface area contributed by atoms with Crippen molar-refractivity contribution in [3.63, 3.8) is 0 Å². The molecule has 0 unspecified atom stereocenters. The number of piperidine rings is 1. The molecule has 1 aliphatic rings. The van der Waals surface area contributed by atoms with Gasteiger partial charge >= 0.3 is 6.09 Å². The van der Waals surface area contributed by atoms with Gasteiger partial charge in [0.2, 0.25) is 5.43 Å². The molecule has 0 saturated carbocycles. The molecule has 1 aliphatic heterocycles. The zero-order valence-corrected chi connectivity index (χ0v) is 21.1. The number of hydrogen-bond donors (Lipinski definition) is 1. The number of carboxylic acid groups (broad SMARTS) is 1. The molecule has 4 aromatic rings. The van der Waals surface area contributed by atoms with Gasteiger partial charge in [-0.3, -0.25) is 9.48 Å². The average Bonchev–Trinajstić information content (AvgIpc) is 3.43. The number of hydrogen-bond acceptors (Lipinski definition) is 7. The second-order valence-corrected chi connectivity index (χ2v) is 9.27. The minimum absolute atomic E-state index is 0.124. The summed E-state index contributed by atoms with van der Waals surface area (Å²) >= 11 is 0. The molecule has 196 valence electrons. The third-order valence-electron chi connectivity index (χ3n) is 6.64. The maximum absolute atomic E-state index is 12.5. The third-order valence-corrected chi connectivity index (χ3v) is 6.64. The summed E-state index contributed by atoms with van der Waals surface area (Å²) in [6.45, 7) is 4.33. The summed E-state index contributed by atoms with van der Waals surface area (Å²) in [6, 6.07) is 9.26. The van der Waals surface area contributed by atoms with Gasteiger partial charge in [-0.2, -0.15) is 10.2 Å². The van der Waals surface area contributed by atoms with Crippen LogP contribution in [0.25, 0.3) is 17.1 Å². The lowest BCUT2D eigenvalue weighted by atomic mass is 9.98. The van der Waals surface area contributed by atoms with Crippen LogP contribution in [0.15, 0.2) is 66.1 Å². The smallest absolute Gasteiger partial charge is 0.407 e. The van der Waals surface area contributed by atoms with Gasteiger partial charge in [0.05, 0.1) is 31.4 Å². The second-order valence-electron chi connectivity index (χ2n) is 9.27. The van der Waals surface area contributed by atoms with Crippen LogP contribution in [-0.4, -0.2) is 65.3 Å². The molecule has 0 bridgehead atoms. The van der Waals surface area contributed by atoms with Crippen LogP contribution in [0, 0.1) is 5.92 Å². The van der Waals surface area contributed by atoms with Crippen molar-refractivity contribution >= 4 is 6.09 Å². The van der Waals surface area contributed by atoms with Crippen LogP contribution in [-0.2, 0) is 13.0 Å². The largest absolute Gasteiger partial charge is 0.490 e. The standard InChI is InChI=1S/C27H29N7O4/c1-2-33-17-22(14-30-33)34-11-8-25(35)24(31-34)13-20-4-3-5-21(12-20)26-28-15-23(16-29-26)38-18-19-6-9-32(10-7-19)27(36)37/h3-5,8,11-12,14-17,19H,2,6-7,9-10,13,18H2,1H3,(H,36,37). The van der Waals surface area contributed by atoms with Gasteiger partial charge < -0.3 is 14.7 Å². The summed E-state index contributed by atoms with van der Waals surface area (Å²) in [5.41, 5.74) is 2.86. The highest BCUT2D eigenvalue weighted by molar-refractivity contribution is 5.65. The van der Waals surface area contributed by atoms with Crippen molar-refractivity contribution in [2.24, 2.45) is 5.92 Å². The van der Waals surface area contributed by atoms with Crippen molar-refractivity contribution in [2.75, 3.05) is 19.7 Å². The Morgan fingerprint density at radius 1 is 1.13 bits per heavy atom. The van der Waals surface area contributed by atoms with Gasteiger partial charge in [0.15, 0.2) is 11.6 Å². The Hall–Kier alpha value is -4.54. The minimum atomic E-state index is -0.866. The van der Waals surface area contributed by atoms with Gasteiger partial charge in [-0.15, -0.1) is 0 Å². The van der Waals surface area contributed by atoms with Gasteiger partial charge in [-0.25, -0.2) is 19.4 Å². The molecule has 1 aromatic carbocycles. The fourth-order valence-corrected chi connectivity index (χ4v) is 4.42. The normalized spacial score (nSPS) is 14.0. The first-order valence-corrected chi connectivity index (χ1v) is 12.6. The molecule has 1 saturated heterocycles. The Kier molecular flexibility index (Phi) is 7.43. The molecule has 1 fully saturated rings. The Morgan fingerprint density at radius 3 is 2.63 bits per heavy atom. The SMILES string of the molecule is CCn1cc(-n2ccc(=O)c(Cc3cccc(-c4ncc(OCC5CCN(C(=O)O)CC5)cn4)c3)n2)cn1. The molecule has 4 heterocycles. The van der Waals surface area contributed by atoms with Crippen molar-refractivity contribution in [1.29, 1.82) is 0 Å². The first-order valence-electron chi connectivity index (χ1n) is 12.6. The molecular formula is C27H29N7O4. The van der Waals surface area contributed by atoms with Gasteiger partial charge in [0.1, 0.15) is 11.4 Å². The average molecular weight is 516 g/mol.